The Balaban J connectivity index is 0. The van der Waals surface area contributed by atoms with Crippen LogP contribution in [0.3, 0.4) is 0 Å². The molecule has 74 valence electrons. The third kappa shape index (κ3) is 3.63. The molecule has 7 heteroatoms. The molecule has 4 nitrogen and oxygen atoms in total. The lowest BCUT2D eigenvalue weighted by Crippen LogP contribution is -1.91. The highest BCUT2D eigenvalue weighted by Gasteiger charge is 2.10. The van der Waals surface area contributed by atoms with Gasteiger partial charge in [0.25, 0.3) is 0 Å². The number of carboxylic acids is 2. The first kappa shape index (κ1) is 14.7. The molecule has 0 aliphatic rings. The maximum Gasteiger partial charge on any atom is 0.345 e. The highest BCUT2D eigenvalue weighted by Crippen LogP contribution is 2.15. The van der Waals surface area contributed by atoms with Crippen molar-refractivity contribution >= 4 is 48.1 Å². The molecule has 2 N–H and O–H groups in total. The van der Waals surface area contributed by atoms with Crippen molar-refractivity contribution in [2.75, 3.05) is 0 Å². The minimum atomic E-state index is -1.09. The Morgan fingerprint density at radius 1 is 1.00 bits per heavy atom. The minimum Gasteiger partial charge on any atom is -0.477 e. The number of carbonyl (C=O) groups is 2. The van der Waals surface area contributed by atoms with Crippen LogP contribution in [-0.4, -0.2) is 22.2 Å². The zero-order valence-corrected chi connectivity index (χ0v) is 8.54. The van der Waals surface area contributed by atoms with Crippen molar-refractivity contribution in [2.45, 2.75) is 0 Å². The van der Waals surface area contributed by atoms with Gasteiger partial charge in [0.05, 0.1) is 0 Å². The van der Waals surface area contributed by atoms with Crippen molar-refractivity contribution in [1.82, 2.24) is 0 Å². The molecule has 1 rings (SSSR count). The van der Waals surface area contributed by atoms with Gasteiger partial charge in [0.1, 0.15) is 9.75 Å². The molecular formula is C6H6Cl2O4S. The molecule has 0 fully saturated rings. The van der Waals surface area contributed by atoms with Crippen molar-refractivity contribution in [3.63, 3.8) is 0 Å². The smallest absolute Gasteiger partial charge is 0.345 e. The van der Waals surface area contributed by atoms with Crippen molar-refractivity contribution in [3.05, 3.63) is 21.9 Å². The van der Waals surface area contributed by atoms with Crippen LogP contribution < -0.4 is 0 Å². The summed E-state index contributed by atoms with van der Waals surface area (Å²) in [4.78, 5) is 20.6. The summed E-state index contributed by atoms with van der Waals surface area (Å²) in [6.45, 7) is 0. The summed E-state index contributed by atoms with van der Waals surface area (Å²) in [6, 6.07) is 2.55. The van der Waals surface area contributed by atoms with E-state index in [1.807, 2.05) is 0 Å². The SMILES string of the molecule is Cl.Cl.O=C(O)c1ccc(C(=O)O)s1. The number of aromatic carboxylic acids is 2. The second-order valence-electron chi connectivity index (χ2n) is 1.77. The summed E-state index contributed by atoms with van der Waals surface area (Å²) >= 11 is 0.750. The van der Waals surface area contributed by atoms with Crippen LogP contribution in [0.15, 0.2) is 12.1 Å². The van der Waals surface area contributed by atoms with Gasteiger partial charge in [-0.2, -0.15) is 0 Å². The number of rotatable bonds is 2. The molecular weight excluding hydrogens is 239 g/mol. The topological polar surface area (TPSA) is 74.6 Å². The number of halogens is 2. The molecule has 0 aliphatic heterocycles. The molecule has 0 amide bonds. The Hall–Kier alpha value is -0.780. The summed E-state index contributed by atoms with van der Waals surface area (Å²) in [6.07, 6.45) is 0. The molecule has 0 aliphatic carbocycles. The Kier molecular flexibility index (Phi) is 6.57. The van der Waals surface area contributed by atoms with E-state index in [2.05, 4.69) is 0 Å². The Morgan fingerprint density at radius 3 is 1.46 bits per heavy atom. The van der Waals surface area contributed by atoms with Gasteiger partial charge in [-0.1, -0.05) is 0 Å². The molecule has 1 aromatic heterocycles. The van der Waals surface area contributed by atoms with Crippen LogP contribution in [0.1, 0.15) is 19.3 Å². The normalized spacial score (nSPS) is 8.00. The van der Waals surface area contributed by atoms with E-state index in [1.54, 1.807) is 0 Å². The van der Waals surface area contributed by atoms with Crippen molar-refractivity contribution in [3.8, 4) is 0 Å². The van der Waals surface area contributed by atoms with E-state index in [0.717, 1.165) is 11.3 Å². The van der Waals surface area contributed by atoms with Gasteiger partial charge in [-0.05, 0) is 12.1 Å². The van der Waals surface area contributed by atoms with Gasteiger partial charge in [-0.25, -0.2) is 9.59 Å². The summed E-state index contributed by atoms with van der Waals surface area (Å²) in [5.74, 6) is -2.19. The average Bonchev–Trinajstić information content (AvgIpc) is 2.33. The number of hydrogen-bond acceptors (Lipinski definition) is 3. The molecule has 0 aromatic carbocycles. The van der Waals surface area contributed by atoms with Gasteiger partial charge in [-0.15, -0.1) is 36.2 Å². The first-order valence-electron chi connectivity index (χ1n) is 2.67. The zero-order valence-electron chi connectivity index (χ0n) is 6.09. The van der Waals surface area contributed by atoms with E-state index < -0.39 is 11.9 Å². The van der Waals surface area contributed by atoms with Crippen LogP contribution in [0.25, 0.3) is 0 Å². The number of thiophene rings is 1. The van der Waals surface area contributed by atoms with Crippen molar-refractivity contribution < 1.29 is 19.8 Å². The summed E-state index contributed by atoms with van der Waals surface area (Å²) in [5.41, 5.74) is 0. The monoisotopic (exact) mass is 244 g/mol. The summed E-state index contributed by atoms with van der Waals surface area (Å²) in [7, 11) is 0. The van der Waals surface area contributed by atoms with Gasteiger partial charge < -0.3 is 10.2 Å². The fraction of sp³-hybridized carbons (Fsp3) is 0. The molecule has 0 atom stereocenters. The van der Waals surface area contributed by atoms with Gasteiger partial charge in [-0.3, -0.25) is 0 Å². The molecule has 0 saturated carbocycles. The van der Waals surface area contributed by atoms with Crippen LogP contribution in [0, 0.1) is 0 Å². The lowest BCUT2D eigenvalue weighted by Gasteiger charge is -1.82. The maximum absolute atomic E-state index is 10.3. The Bertz CT molecular complexity index is 281. The lowest BCUT2D eigenvalue weighted by atomic mass is 10.4. The number of carboxylic acid groups (broad SMARTS) is 2. The van der Waals surface area contributed by atoms with Crippen LogP contribution in [-0.2, 0) is 0 Å². The quantitative estimate of drug-likeness (QED) is 0.835. The van der Waals surface area contributed by atoms with Gasteiger partial charge >= 0.3 is 11.9 Å². The van der Waals surface area contributed by atoms with E-state index in [9.17, 15) is 9.59 Å². The fourth-order valence-electron chi connectivity index (χ4n) is 0.568. The molecule has 0 spiro atoms. The van der Waals surface area contributed by atoms with Crippen molar-refractivity contribution in [1.29, 1.82) is 0 Å². The Morgan fingerprint density at radius 2 is 1.31 bits per heavy atom. The molecule has 0 saturated heterocycles. The van der Waals surface area contributed by atoms with Crippen LogP contribution in [0.4, 0.5) is 0 Å². The molecule has 0 radical (unpaired) electrons. The van der Waals surface area contributed by atoms with E-state index in [1.165, 1.54) is 12.1 Å². The van der Waals surface area contributed by atoms with E-state index in [-0.39, 0.29) is 34.6 Å². The Labute approximate surface area is 90.0 Å². The first-order chi connectivity index (χ1) is 5.11. The third-order valence-electron chi connectivity index (χ3n) is 1.03. The third-order valence-corrected chi connectivity index (χ3v) is 2.09. The fourth-order valence-corrected chi connectivity index (χ4v) is 1.25. The van der Waals surface area contributed by atoms with Crippen LogP contribution in [0.5, 0.6) is 0 Å². The molecule has 1 aromatic rings. The van der Waals surface area contributed by atoms with Gasteiger partial charge in [0, 0.05) is 0 Å². The predicted octanol–water partition coefficient (Wildman–Crippen LogP) is 1.99. The maximum atomic E-state index is 10.3. The van der Waals surface area contributed by atoms with Crippen molar-refractivity contribution in [2.24, 2.45) is 0 Å². The van der Waals surface area contributed by atoms with E-state index in [4.69, 9.17) is 10.2 Å². The van der Waals surface area contributed by atoms with Gasteiger partial charge in [0.2, 0.25) is 0 Å². The largest absolute Gasteiger partial charge is 0.477 e. The molecule has 13 heavy (non-hydrogen) atoms. The average molecular weight is 245 g/mol. The minimum absolute atomic E-state index is 0. The summed E-state index contributed by atoms with van der Waals surface area (Å²) < 4.78 is 0. The second-order valence-corrected chi connectivity index (χ2v) is 2.86. The van der Waals surface area contributed by atoms with E-state index in [0.29, 0.717) is 0 Å². The van der Waals surface area contributed by atoms with Crippen LogP contribution >= 0.6 is 36.2 Å². The second kappa shape index (κ2) is 5.80. The summed E-state index contributed by atoms with van der Waals surface area (Å²) in [5, 5.41) is 16.8. The van der Waals surface area contributed by atoms with Gasteiger partial charge in [0.15, 0.2) is 0 Å². The van der Waals surface area contributed by atoms with Crippen LogP contribution in [0.2, 0.25) is 0 Å². The van der Waals surface area contributed by atoms with E-state index >= 15 is 0 Å². The predicted molar refractivity (Wildman–Crippen MR) is 52.7 cm³/mol. The molecule has 1 heterocycles. The zero-order chi connectivity index (χ0) is 8.43. The first-order valence-corrected chi connectivity index (χ1v) is 3.49. The highest BCUT2D eigenvalue weighted by atomic mass is 35.5. The number of hydrogen-bond donors (Lipinski definition) is 2. The molecule has 0 unspecified atom stereocenters. The lowest BCUT2D eigenvalue weighted by molar-refractivity contribution is 0.0693. The molecule has 0 bridgehead atoms. The highest BCUT2D eigenvalue weighted by molar-refractivity contribution is 7.15. The standard InChI is InChI=1S/C6H4O4S.2ClH/c7-5(8)3-1-2-4(11-3)6(9)10;;/h1-2H,(H,7,8)(H,9,10);2*1H.